The average Bonchev–Trinajstić information content (AvgIpc) is 2.29. The van der Waals surface area contributed by atoms with Crippen LogP contribution in [0.15, 0.2) is 18.2 Å². The van der Waals surface area contributed by atoms with Crippen molar-refractivity contribution in [2.75, 3.05) is 20.6 Å². The molecule has 0 aliphatic rings. The fourth-order valence-electron chi connectivity index (χ4n) is 2.09. The molecule has 1 aromatic carbocycles. The number of likely N-dealkylation sites (N-methyl/N-ethyl adjacent to an activating group) is 2. The highest BCUT2D eigenvalue weighted by molar-refractivity contribution is 5.28. The molecule has 0 amide bonds. The number of nitrogens with zero attached hydrogens (tertiary/aromatic N) is 1. The van der Waals surface area contributed by atoms with E-state index in [-0.39, 0.29) is 17.4 Å². The van der Waals surface area contributed by atoms with Crippen molar-refractivity contribution in [1.29, 1.82) is 0 Å². The molecule has 0 heterocycles. The van der Waals surface area contributed by atoms with Crippen LogP contribution in [0.5, 0.6) is 0 Å². The van der Waals surface area contributed by atoms with Gasteiger partial charge in [-0.3, -0.25) is 0 Å². The Labute approximate surface area is 110 Å². The molecule has 0 saturated carbocycles. The topological polar surface area (TPSA) is 15.3 Å². The summed E-state index contributed by atoms with van der Waals surface area (Å²) in [7, 11) is 4.14. The van der Waals surface area contributed by atoms with Gasteiger partial charge in [0.05, 0.1) is 6.04 Å². The Kier molecular flexibility index (Phi) is 4.88. The lowest BCUT2D eigenvalue weighted by Crippen LogP contribution is -2.49. The Morgan fingerprint density at radius 1 is 1.33 bits per heavy atom. The minimum absolute atomic E-state index is 0.0414. The summed E-state index contributed by atoms with van der Waals surface area (Å²) >= 11 is 0. The minimum atomic E-state index is -0.142. The lowest BCUT2D eigenvalue weighted by molar-refractivity contribution is 0.139. The molecule has 0 radical (unpaired) electrons. The lowest BCUT2D eigenvalue weighted by Gasteiger charge is -2.41. The van der Waals surface area contributed by atoms with E-state index in [1.807, 2.05) is 19.1 Å². The van der Waals surface area contributed by atoms with Crippen LogP contribution in [0.3, 0.4) is 0 Å². The van der Waals surface area contributed by atoms with E-state index in [0.29, 0.717) is 5.56 Å². The predicted molar refractivity (Wildman–Crippen MR) is 75.3 cm³/mol. The van der Waals surface area contributed by atoms with Crippen molar-refractivity contribution >= 4 is 0 Å². The average molecular weight is 252 g/mol. The molecule has 1 atom stereocenters. The first-order chi connectivity index (χ1) is 8.30. The normalized spacial score (nSPS) is 14.0. The van der Waals surface area contributed by atoms with Crippen molar-refractivity contribution in [3.63, 3.8) is 0 Å². The first kappa shape index (κ1) is 15.1. The smallest absolute Gasteiger partial charge is 0.126 e. The summed E-state index contributed by atoms with van der Waals surface area (Å²) in [6.07, 6.45) is 0. The largest absolute Gasteiger partial charge is 0.309 e. The number of rotatable bonds is 5. The Balaban J connectivity index is 3.15. The van der Waals surface area contributed by atoms with Crippen molar-refractivity contribution in [2.45, 2.75) is 39.3 Å². The maximum absolute atomic E-state index is 13.4. The van der Waals surface area contributed by atoms with E-state index in [0.717, 1.165) is 12.1 Å². The van der Waals surface area contributed by atoms with Crippen molar-refractivity contribution in [1.82, 2.24) is 10.2 Å². The van der Waals surface area contributed by atoms with Gasteiger partial charge in [-0.25, -0.2) is 4.39 Å². The van der Waals surface area contributed by atoms with Crippen molar-refractivity contribution in [3.05, 3.63) is 35.1 Å². The van der Waals surface area contributed by atoms with Crippen LogP contribution in [0.2, 0.25) is 0 Å². The van der Waals surface area contributed by atoms with Crippen LogP contribution in [-0.4, -0.2) is 31.1 Å². The number of hydrogen-bond acceptors (Lipinski definition) is 2. The number of aryl methyl sites for hydroxylation is 1. The van der Waals surface area contributed by atoms with Gasteiger partial charge in [-0.1, -0.05) is 19.1 Å². The highest BCUT2D eigenvalue weighted by atomic mass is 19.1. The quantitative estimate of drug-likeness (QED) is 0.866. The summed E-state index contributed by atoms with van der Waals surface area (Å²) in [4.78, 5) is 2.19. The summed E-state index contributed by atoms with van der Waals surface area (Å²) < 4.78 is 13.4. The van der Waals surface area contributed by atoms with Gasteiger partial charge >= 0.3 is 0 Å². The van der Waals surface area contributed by atoms with E-state index in [9.17, 15) is 4.39 Å². The van der Waals surface area contributed by atoms with E-state index in [1.165, 1.54) is 0 Å². The molecular weight excluding hydrogens is 227 g/mol. The standard InChI is InChI=1S/C15H25FN2/c1-7-17-14(15(3,4)18(5)6)12-8-9-13(16)11(2)10-12/h8-10,14,17H,7H2,1-6H3. The second-order valence-corrected chi connectivity index (χ2v) is 5.55. The lowest BCUT2D eigenvalue weighted by atomic mass is 9.87. The maximum atomic E-state index is 13.4. The molecule has 0 bridgehead atoms. The fraction of sp³-hybridized carbons (Fsp3) is 0.600. The monoisotopic (exact) mass is 252 g/mol. The van der Waals surface area contributed by atoms with Gasteiger partial charge in [0.15, 0.2) is 0 Å². The Morgan fingerprint density at radius 3 is 2.39 bits per heavy atom. The van der Waals surface area contributed by atoms with E-state index < -0.39 is 0 Å². The molecule has 0 saturated heterocycles. The fourth-order valence-corrected chi connectivity index (χ4v) is 2.09. The zero-order valence-corrected chi connectivity index (χ0v) is 12.3. The molecule has 1 N–H and O–H groups in total. The molecule has 0 aliphatic carbocycles. The van der Waals surface area contributed by atoms with Crippen LogP contribution in [0.25, 0.3) is 0 Å². The summed E-state index contributed by atoms with van der Waals surface area (Å²) in [5.41, 5.74) is 1.79. The first-order valence-electron chi connectivity index (χ1n) is 6.47. The van der Waals surface area contributed by atoms with E-state index >= 15 is 0 Å². The first-order valence-corrected chi connectivity index (χ1v) is 6.47. The van der Waals surface area contributed by atoms with Gasteiger partial charge in [-0.15, -0.1) is 0 Å². The van der Waals surface area contributed by atoms with Crippen LogP contribution in [0.1, 0.15) is 37.9 Å². The van der Waals surface area contributed by atoms with E-state index in [2.05, 4.69) is 45.1 Å². The van der Waals surface area contributed by atoms with Crippen molar-refractivity contribution in [3.8, 4) is 0 Å². The van der Waals surface area contributed by atoms with E-state index in [1.54, 1.807) is 6.07 Å². The van der Waals surface area contributed by atoms with Crippen molar-refractivity contribution < 1.29 is 4.39 Å². The Bertz CT molecular complexity index is 399. The maximum Gasteiger partial charge on any atom is 0.126 e. The molecular formula is C15H25FN2. The zero-order chi connectivity index (χ0) is 13.9. The predicted octanol–water partition coefficient (Wildman–Crippen LogP) is 3.12. The molecule has 0 aliphatic heterocycles. The Morgan fingerprint density at radius 2 is 1.94 bits per heavy atom. The summed E-state index contributed by atoms with van der Waals surface area (Å²) in [6.45, 7) is 9.18. The second-order valence-electron chi connectivity index (χ2n) is 5.55. The zero-order valence-electron chi connectivity index (χ0n) is 12.3. The van der Waals surface area contributed by atoms with Gasteiger partial charge in [0.2, 0.25) is 0 Å². The third-order valence-electron chi connectivity index (χ3n) is 3.78. The van der Waals surface area contributed by atoms with Crippen LogP contribution >= 0.6 is 0 Å². The summed E-state index contributed by atoms with van der Waals surface area (Å²) in [5.74, 6) is -0.142. The minimum Gasteiger partial charge on any atom is -0.309 e. The van der Waals surface area contributed by atoms with Gasteiger partial charge in [-0.05, 0) is 58.6 Å². The molecule has 1 unspecified atom stereocenters. The summed E-state index contributed by atoms with van der Waals surface area (Å²) in [6, 6.07) is 5.55. The van der Waals surface area contributed by atoms with Gasteiger partial charge in [0.25, 0.3) is 0 Å². The van der Waals surface area contributed by atoms with Gasteiger partial charge in [0, 0.05) is 5.54 Å². The molecule has 0 aromatic heterocycles. The highest BCUT2D eigenvalue weighted by Gasteiger charge is 2.32. The molecule has 1 aromatic rings. The number of halogens is 1. The molecule has 3 heteroatoms. The molecule has 1 rings (SSSR count). The van der Waals surface area contributed by atoms with Gasteiger partial charge in [0.1, 0.15) is 5.82 Å². The second kappa shape index (κ2) is 5.81. The van der Waals surface area contributed by atoms with E-state index in [4.69, 9.17) is 0 Å². The number of nitrogens with one attached hydrogen (secondary N) is 1. The molecule has 102 valence electrons. The SMILES string of the molecule is CCNC(c1ccc(F)c(C)c1)C(C)(C)N(C)C. The molecule has 2 nitrogen and oxygen atoms in total. The van der Waals surface area contributed by atoms with Gasteiger partial charge in [-0.2, -0.15) is 0 Å². The van der Waals surface area contributed by atoms with Gasteiger partial charge < -0.3 is 10.2 Å². The van der Waals surface area contributed by atoms with Crippen LogP contribution < -0.4 is 5.32 Å². The number of hydrogen-bond donors (Lipinski definition) is 1. The molecule has 0 spiro atoms. The number of benzene rings is 1. The van der Waals surface area contributed by atoms with Crippen molar-refractivity contribution in [2.24, 2.45) is 0 Å². The summed E-state index contributed by atoms with van der Waals surface area (Å²) in [5, 5.41) is 3.50. The third-order valence-corrected chi connectivity index (χ3v) is 3.78. The highest BCUT2D eigenvalue weighted by Crippen LogP contribution is 2.30. The van der Waals surface area contributed by atoms with Crippen LogP contribution in [-0.2, 0) is 0 Å². The van der Waals surface area contributed by atoms with Crippen LogP contribution in [0, 0.1) is 12.7 Å². The van der Waals surface area contributed by atoms with Crippen LogP contribution in [0.4, 0.5) is 4.39 Å². The molecule has 0 fully saturated rings. The third kappa shape index (κ3) is 3.09. The Hall–Kier alpha value is -0.930. The molecule has 18 heavy (non-hydrogen) atoms.